The fourth-order valence-electron chi connectivity index (χ4n) is 4.24. The number of ether oxygens (including phenoxy) is 1. The highest BCUT2D eigenvalue weighted by Gasteiger charge is 2.47. The molecule has 1 saturated heterocycles. The quantitative estimate of drug-likeness (QED) is 0.680. The average molecular weight is 341 g/mol. The topological polar surface area (TPSA) is 9.23 Å². The van der Waals surface area contributed by atoms with Gasteiger partial charge in [0.15, 0.2) is 0 Å². The summed E-state index contributed by atoms with van der Waals surface area (Å²) in [5.41, 5.74) is 6.66. The van der Waals surface area contributed by atoms with Gasteiger partial charge in [0.2, 0.25) is 0 Å². The summed E-state index contributed by atoms with van der Waals surface area (Å²) in [4.78, 5) is 0. The molecule has 0 amide bonds. The van der Waals surface area contributed by atoms with Crippen LogP contribution in [0.5, 0.6) is 0 Å². The third-order valence-corrected chi connectivity index (χ3v) is 6.27. The molecule has 1 aliphatic carbocycles. The Hall–Kier alpha value is -1.31. The van der Waals surface area contributed by atoms with Gasteiger partial charge in [-0.3, -0.25) is 0 Å². The summed E-state index contributed by atoms with van der Waals surface area (Å²) in [5, 5.41) is 0.103. The number of fused-ring (bicyclic) bond motifs is 2. The van der Waals surface area contributed by atoms with Gasteiger partial charge in [0.1, 0.15) is 5.60 Å². The van der Waals surface area contributed by atoms with Crippen LogP contribution < -0.4 is 0 Å². The first-order valence-electron chi connectivity index (χ1n) is 9.19. The minimum absolute atomic E-state index is 0.103. The summed E-state index contributed by atoms with van der Waals surface area (Å²) < 4.78 is 6.27. The number of alkyl halides is 1. The van der Waals surface area contributed by atoms with Gasteiger partial charge in [0.05, 0.1) is 5.38 Å². The normalized spacial score (nSPS) is 25.8. The minimum Gasteiger partial charge on any atom is -0.369 e. The SMILES string of the molecule is CCc1ccc(Cc2ccc3c(c2)C2(CC3)OCCCC2Cl)cc1. The van der Waals surface area contributed by atoms with Gasteiger partial charge in [0.25, 0.3) is 0 Å². The van der Waals surface area contributed by atoms with E-state index in [4.69, 9.17) is 16.3 Å². The number of rotatable bonds is 3. The van der Waals surface area contributed by atoms with E-state index in [0.717, 1.165) is 45.1 Å². The maximum Gasteiger partial charge on any atom is 0.110 e. The average Bonchev–Trinajstić information content (AvgIpc) is 2.97. The van der Waals surface area contributed by atoms with E-state index in [0.29, 0.717) is 0 Å². The molecule has 1 fully saturated rings. The summed E-state index contributed by atoms with van der Waals surface area (Å²) in [5.74, 6) is 0. The molecule has 2 aliphatic rings. The molecular formula is C22H25ClO. The molecule has 126 valence electrons. The van der Waals surface area contributed by atoms with E-state index >= 15 is 0 Å². The molecule has 4 rings (SSSR count). The summed E-state index contributed by atoms with van der Waals surface area (Å²) >= 11 is 6.73. The van der Waals surface area contributed by atoms with Crippen molar-refractivity contribution in [2.75, 3.05) is 6.61 Å². The van der Waals surface area contributed by atoms with Gasteiger partial charge in [-0.05, 0) is 66.3 Å². The van der Waals surface area contributed by atoms with Crippen LogP contribution in [-0.4, -0.2) is 12.0 Å². The number of aryl methyl sites for hydroxylation is 2. The zero-order valence-electron chi connectivity index (χ0n) is 14.4. The van der Waals surface area contributed by atoms with Crippen LogP contribution >= 0.6 is 11.6 Å². The Balaban J connectivity index is 1.62. The van der Waals surface area contributed by atoms with Gasteiger partial charge in [0, 0.05) is 6.61 Å². The van der Waals surface area contributed by atoms with Crippen LogP contribution in [-0.2, 0) is 29.6 Å². The second-order valence-electron chi connectivity index (χ2n) is 7.19. The highest BCUT2D eigenvalue weighted by atomic mass is 35.5. The molecular weight excluding hydrogens is 316 g/mol. The van der Waals surface area contributed by atoms with Crippen LogP contribution in [0.3, 0.4) is 0 Å². The lowest BCUT2D eigenvalue weighted by atomic mass is 9.86. The molecule has 1 heterocycles. The maximum atomic E-state index is 6.73. The molecule has 2 aromatic carbocycles. The number of halogens is 1. The van der Waals surface area contributed by atoms with Gasteiger partial charge in [-0.15, -0.1) is 11.6 Å². The standard InChI is InChI=1S/C22H25ClO/c1-2-16-5-7-17(8-6-16)14-18-9-10-19-11-12-22(20(19)15-18)21(23)4-3-13-24-22/h5-10,15,21H,2-4,11-14H2,1H3. The molecule has 1 nitrogen and oxygen atoms in total. The molecule has 1 spiro atoms. The third-order valence-electron chi connectivity index (χ3n) is 5.70. The van der Waals surface area contributed by atoms with Gasteiger partial charge in [-0.1, -0.05) is 49.4 Å². The monoisotopic (exact) mass is 340 g/mol. The third kappa shape index (κ3) is 2.78. The Kier molecular flexibility index (Phi) is 4.40. The minimum atomic E-state index is -0.239. The number of benzene rings is 2. The first kappa shape index (κ1) is 16.2. The fourth-order valence-corrected chi connectivity index (χ4v) is 4.69. The van der Waals surface area contributed by atoms with Crippen molar-refractivity contribution >= 4 is 11.6 Å². The summed E-state index contributed by atoms with van der Waals surface area (Å²) in [6.45, 7) is 3.03. The van der Waals surface area contributed by atoms with E-state index in [-0.39, 0.29) is 11.0 Å². The smallest absolute Gasteiger partial charge is 0.110 e. The second-order valence-corrected chi connectivity index (χ2v) is 7.71. The largest absolute Gasteiger partial charge is 0.369 e. The molecule has 24 heavy (non-hydrogen) atoms. The molecule has 1 aliphatic heterocycles. The van der Waals surface area contributed by atoms with Gasteiger partial charge >= 0.3 is 0 Å². The summed E-state index contributed by atoms with van der Waals surface area (Å²) in [6.07, 6.45) is 6.32. The van der Waals surface area contributed by atoms with Gasteiger partial charge < -0.3 is 4.74 Å². The van der Waals surface area contributed by atoms with E-state index in [1.807, 2.05) is 0 Å². The van der Waals surface area contributed by atoms with Gasteiger partial charge in [-0.25, -0.2) is 0 Å². The molecule has 2 heteroatoms. The molecule has 0 saturated carbocycles. The van der Waals surface area contributed by atoms with Crippen LogP contribution in [0.1, 0.15) is 54.0 Å². The molecule has 0 N–H and O–H groups in total. The Labute approximate surface area is 150 Å². The van der Waals surface area contributed by atoms with E-state index in [2.05, 4.69) is 49.4 Å². The molecule has 2 aromatic rings. The van der Waals surface area contributed by atoms with Crippen LogP contribution in [0.25, 0.3) is 0 Å². The fraction of sp³-hybridized carbons (Fsp3) is 0.455. The van der Waals surface area contributed by atoms with Crippen molar-refractivity contribution in [2.24, 2.45) is 0 Å². The highest BCUT2D eigenvalue weighted by Crippen LogP contribution is 2.48. The van der Waals surface area contributed by atoms with Crippen molar-refractivity contribution in [3.8, 4) is 0 Å². The summed E-state index contributed by atoms with van der Waals surface area (Å²) in [6, 6.07) is 15.9. The van der Waals surface area contributed by atoms with Crippen molar-refractivity contribution in [1.82, 2.24) is 0 Å². The predicted molar refractivity (Wildman–Crippen MR) is 99.9 cm³/mol. The van der Waals surface area contributed by atoms with E-state index < -0.39 is 0 Å². The second kappa shape index (κ2) is 6.54. The number of hydrogen-bond acceptors (Lipinski definition) is 1. The lowest BCUT2D eigenvalue weighted by Crippen LogP contribution is -2.41. The molecule has 0 radical (unpaired) electrons. The number of hydrogen-bond donors (Lipinski definition) is 0. The zero-order chi connectivity index (χ0) is 16.6. The maximum absolute atomic E-state index is 6.73. The molecule has 2 atom stereocenters. The highest BCUT2D eigenvalue weighted by molar-refractivity contribution is 6.21. The molecule has 0 aromatic heterocycles. The van der Waals surface area contributed by atoms with E-state index in [1.54, 1.807) is 0 Å². The lowest BCUT2D eigenvalue weighted by molar-refractivity contribution is -0.0785. The van der Waals surface area contributed by atoms with E-state index in [9.17, 15) is 0 Å². The van der Waals surface area contributed by atoms with Crippen LogP contribution in [0.2, 0.25) is 0 Å². The van der Waals surface area contributed by atoms with Crippen LogP contribution in [0, 0.1) is 0 Å². The Morgan fingerprint density at radius 3 is 2.58 bits per heavy atom. The zero-order valence-corrected chi connectivity index (χ0v) is 15.1. The van der Waals surface area contributed by atoms with Crippen molar-refractivity contribution in [3.05, 3.63) is 70.3 Å². The van der Waals surface area contributed by atoms with E-state index in [1.165, 1.54) is 27.8 Å². The molecule has 2 unspecified atom stereocenters. The van der Waals surface area contributed by atoms with Crippen LogP contribution in [0.4, 0.5) is 0 Å². The Morgan fingerprint density at radius 1 is 1.08 bits per heavy atom. The van der Waals surface area contributed by atoms with Crippen LogP contribution in [0.15, 0.2) is 42.5 Å². The van der Waals surface area contributed by atoms with Crippen molar-refractivity contribution in [2.45, 2.75) is 56.4 Å². The first-order chi connectivity index (χ1) is 11.7. The van der Waals surface area contributed by atoms with Crippen molar-refractivity contribution in [1.29, 1.82) is 0 Å². The lowest BCUT2D eigenvalue weighted by Gasteiger charge is -2.39. The summed E-state index contributed by atoms with van der Waals surface area (Å²) in [7, 11) is 0. The Morgan fingerprint density at radius 2 is 1.83 bits per heavy atom. The Bertz CT molecular complexity index is 717. The van der Waals surface area contributed by atoms with Crippen molar-refractivity contribution in [3.63, 3.8) is 0 Å². The molecule has 0 bridgehead atoms. The first-order valence-corrected chi connectivity index (χ1v) is 9.63. The van der Waals surface area contributed by atoms with Crippen molar-refractivity contribution < 1.29 is 4.74 Å². The predicted octanol–water partition coefficient (Wildman–Crippen LogP) is 5.40. The van der Waals surface area contributed by atoms with Gasteiger partial charge in [-0.2, -0.15) is 0 Å².